The SMILES string of the molecule is COc1c(NC(=O)c2ccc(C)c(-n3cc(-c4cnc([S+](C)[O-])n4C)nn3)c2)cc(C(C)(C)C)cc1NS(C)(=O)=O. The Balaban J connectivity index is 1.70. The second-order valence-corrected chi connectivity index (χ2v) is 13.7. The average Bonchev–Trinajstić information content (AvgIpc) is 3.49. The number of nitrogens with one attached hydrogen (secondary N) is 2. The topological polar surface area (TPSA) is 156 Å². The van der Waals surface area contributed by atoms with Gasteiger partial charge in [0.05, 0.1) is 48.5 Å². The lowest BCUT2D eigenvalue weighted by Gasteiger charge is -2.24. The molecule has 4 rings (SSSR count). The first-order chi connectivity index (χ1) is 19.1. The number of anilines is 2. The van der Waals surface area contributed by atoms with Crippen LogP contribution in [0.25, 0.3) is 17.1 Å². The van der Waals surface area contributed by atoms with Gasteiger partial charge in [0.15, 0.2) is 5.75 Å². The molecule has 0 saturated carbocycles. The van der Waals surface area contributed by atoms with Crippen LogP contribution >= 0.6 is 0 Å². The van der Waals surface area contributed by atoms with Gasteiger partial charge in [0.1, 0.15) is 11.9 Å². The summed E-state index contributed by atoms with van der Waals surface area (Å²) in [5.74, 6) is -0.239. The Morgan fingerprint density at radius 1 is 1.15 bits per heavy atom. The van der Waals surface area contributed by atoms with Crippen molar-refractivity contribution >= 4 is 38.5 Å². The van der Waals surface area contributed by atoms with Crippen LogP contribution in [0.2, 0.25) is 0 Å². The van der Waals surface area contributed by atoms with E-state index in [1.807, 2.05) is 27.7 Å². The maximum atomic E-state index is 13.5. The van der Waals surface area contributed by atoms with Gasteiger partial charge < -0.3 is 14.6 Å². The third kappa shape index (κ3) is 6.55. The number of benzene rings is 2. The number of rotatable bonds is 8. The summed E-state index contributed by atoms with van der Waals surface area (Å²) in [7, 11) is -0.448. The van der Waals surface area contributed by atoms with Crippen LogP contribution in [-0.4, -0.2) is 63.0 Å². The zero-order valence-corrected chi connectivity index (χ0v) is 25.8. The summed E-state index contributed by atoms with van der Waals surface area (Å²) in [5, 5.41) is 11.8. The molecule has 41 heavy (non-hydrogen) atoms. The van der Waals surface area contributed by atoms with Crippen molar-refractivity contribution < 1.29 is 22.5 Å². The van der Waals surface area contributed by atoms with Crippen molar-refractivity contribution in [1.29, 1.82) is 0 Å². The smallest absolute Gasteiger partial charge is 0.323 e. The van der Waals surface area contributed by atoms with Crippen LogP contribution in [0.5, 0.6) is 5.75 Å². The fourth-order valence-electron chi connectivity index (χ4n) is 4.24. The summed E-state index contributed by atoms with van der Waals surface area (Å²) < 4.78 is 47.3. The molecule has 12 nitrogen and oxygen atoms in total. The van der Waals surface area contributed by atoms with Gasteiger partial charge in [-0.2, -0.15) is 4.98 Å². The summed E-state index contributed by atoms with van der Waals surface area (Å²) in [6.07, 6.45) is 5.91. The lowest BCUT2D eigenvalue weighted by Crippen LogP contribution is -2.18. The fraction of sp³-hybridized carbons (Fsp3) is 0.333. The van der Waals surface area contributed by atoms with Gasteiger partial charge in [0.2, 0.25) is 10.0 Å². The van der Waals surface area contributed by atoms with E-state index in [9.17, 15) is 17.8 Å². The number of hydrogen-bond acceptors (Lipinski definition) is 8. The minimum Gasteiger partial charge on any atom is -0.609 e. The van der Waals surface area contributed by atoms with Crippen LogP contribution < -0.4 is 14.8 Å². The van der Waals surface area contributed by atoms with E-state index in [4.69, 9.17) is 4.74 Å². The van der Waals surface area contributed by atoms with Crippen LogP contribution in [0.1, 0.15) is 42.3 Å². The van der Waals surface area contributed by atoms with Crippen LogP contribution in [-0.2, 0) is 33.7 Å². The van der Waals surface area contributed by atoms with E-state index < -0.39 is 27.1 Å². The Labute approximate surface area is 242 Å². The number of aryl methyl sites for hydroxylation is 1. The maximum Gasteiger partial charge on any atom is 0.323 e. The van der Waals surface area contributed by atoms with Crippen molar-refractivity contribution in [2.24, 2.45) is 7.05 Å². The van der Waals surface area contributed by atoms with Crippen molar-refractivity contribution in [1.82, 2.24) is 24.5 Å². The molecule has 218 valence electrons. The molecule has 0 aliphatic heterocycles. The van der Waals surface area contributed by atoms with E-state index in [-0.39, 0.29) is 16.9 Å². The molecule has 2 N–H and O–H groups in total. The molecule has 0 radical (unpaired) electrons. The van der Waals surface area contributed by atoms with E-state index >= 15 is 0 Å². The number of carbonyl (C=O) groups excluding carboxylic acids is 1. The molecule has 14 heteroatoms. The minimum atomic E-state index is -3.61. The predicted molar refractivity (Wildman–Crippen MR) is 159 cm³/mol. The number of hydrogen-bond donors (Lipinski definition) is 2. The van der Waals surface area contributed by atoms with Gasteiger partial charge in [-0.3, -0.25) is 14.1 Å². The first kappa shape index (κ1) is 30.1. The summed E-state index contributed by atoms with van der Waals surface area (Å²) >= 11 is -1.26. The molecule has 0 aliphatic carbocycles. The molecule has 0 spiro atoms. The van der Waals surface area contributed by atoms with Crippen molar-refractivity contribution in [3.8, 4) is 22.8 Å². The number of carbonyl (C=O) groups is 1. The van der Waals surface area contributed by atoms with E-state index in [2.05, 4.69) is 25.3 Å². The second-order valence-electron chi connectivity index (χ2n) is 10.7. The van der Waals surface area contributed by atoms with Gasteiger partial charge >= 0.3 is 5.16 Å². The molecule has 0 fully saturated rings. The van der Waals surface area contributed by atoms with Crippen LogP contribution in [0.3, 0.4) is 0 Å². The lowest BCUT2D eigenvalue weighted by molar-refractivity contribution is 0.102. The molecule has 2 heterocycles. The Hall–Kier alpha value is -3.88. The first-order valence-corrected chi connectivity index (χ1v) is 15.9. The molecule has 1 amide bonds. The quantitative estimate of drug-likeness (QED) is 0.291. The van der Waals surface area contributed by atoms with Gasteiger partial charge in [-0.1, -0.05) is 32.1 Å². The van der Waals surface area contributed by atoms with Crippen molar-refractivity contribution in [3.63, 3.8) is 0 Å². The molecular weight excluding hydrogens is 566 g/mol. The highest BCUT2D eigenvalue weighted by Gasteiger charge is 2.23. The van der Waals surface area contributed by atoms with Gasteiger partial charge in [-0.15, -0.1) is 5.10 Å². The fourth-order valence-corrected chi connectivity index (χ4v) is 5.47. The molecule has 0 saturated heterocycles. The minimum absolute atomic E-state index is 0.189. The highest BCUT2D eigenvalue weighted by molar-refractivity contribution is 7.92. The number of aromatic nitrogens is 5. The number of sulfonamides is 1. The van der Waals surface area contributed by atoms with Gasteiger partial charge in [-0.25, -0.2) is 13.1 Å². The molecule has 0 bridgehead atoms. The molecule has 1 unspecified atom stereocenters. The zero-order chi connectivity index (χ0) is 30.3. The molecule has 1 atom stereocenters. The molecule has 2 aromatic heterocycles. The largest absolute Gasteiger partial charge is 0.609 e. The Kier molecular flexibility index (Phi) is 8.21. The summed E-state index contributed by atoms with van der Waals surface area (Å²) in [6.45, 7) is 7.84. The Morgan fingerprint density at radius 3 is 2.41 bits per heavy atom. The number of amides is 1. The van der Waals surface area contributed by atoms with E-state index in [0.29, 0.717) is 33.5 Å². The van der Waals surface area contributed by atoms with E-state index in [1.54, 1.807) is 65.3 Å². The predicted octanol–water partition coefficient (Wildman–Crippen LogP) is 3.64. The summed E-state index contributed by atoms with van der Waals surface area (Å²) in [6, 6.07) is 8.65. The highest BCUT2D eigenvalue weighted by atomic mass is 32.2. The van der Waals surface area contributed by atoms with Gasteiger partial charge in [0, 0.05) is 23.8 Å². The van der Waals surface area contributed by atoms with E-state index in [1.165, 1.54) is 7.11 Å². The third-order valence-electron chi connectivity index (χ3n) is 6.38. The normalized spacial score (nSPS) is 12.7. The van der Waals surface area contributed by atoms with Crippen molar-refractivity contribution in [2.45, 2.75) is 38.3 Å². The molecule has 2 aromatic carbocycles. The van der Waals surface area contributed by atoms with E-state index in [0.717, 1.165) is 17.4 Å². The average molecular weight is 600 g/mol. The lowest BCUT2D eigenvalue weighted by atomic mass is 9.86. The summed E-state index contributed by atoms with van der Waals surface area (Å²) in [5.41, 5.74) is 4.00. The van der Waals surface area contributed by atoms with Gasteiger partial charge in [-0.05, 0) is 47.7 Å². The van der Waals surface area contributed by atoms with Gasteiger partial charge in [0.25, 0.3) is 5.91 Å². The highest BCUT2D eigenvalue weighted by Crippen LogP contribution is 2.39. The Bertz CT molecular complexity index is 1720. The number of imidazole rings is 1. The number of ether oxygens (including phenoxy) is 1. The zero-order valence-electron chi connectivity index (χ0n) is 24.1. The number of methoxy groups -OCH3 is 1. The standard InChI is InChI=1S/C27H33N7O5S2/c1-16-9-10-17(11-22(16)34-15-21(30-32-34)23-14-28-26(33(23)5)40(7)36)25(35)29-19-12-18(27(2,3)4)13-20(24(19)39-6)31-41(8,37)38/h9-15,31H,1-8H3,(H,29,35). The summed E-state index contributed by atoms with van der Waals surface area (Å²) in [4.78, 5) is 17.7. The van der Waals surface area contributed by atoms with Crippen molar-refractivity contribution in [2.75, 3.05) is 29.7 Å². The second kappa shape index (κ2) is 11.2. The first-order valence-electron chi connectivity index (χ1n) is 12.5. The number of nitrogens with zero attached hydrogens (tertiary/aromatic N) is 5. The molecule has 4 aromatic rings. The van der Waals surface area contributed by atoms with Crippen molar-refractivity contribution in [3.05, 3.63) is 59.4 Å². The molecular formula is C27H33N7O5S2. The molecule has 0 aliphatic rings. The maximum absolute atomic E-state index is 13.5. The third-order valence-corrected chi connectivity index (χ3v) is 7.86. The van der Waals surface area contributed by atoms with Crippen LogP contribution in [0, 0.1) is 6.92 Å². The Morgan fingerprint density at radius 2 is 1.83 bits per heavy atom. The van der Waals surface area contributed by atoms with Crippen LogP contribution in [0.4, 0.5) is 11.4 Å². The monoisotopic (exact) mass is 599 g/mol. The van der Waals surface area contributed by atoms with Crippen LogP contribution in [0.15, 0.2) is 47.9 Å².